The summed E-state index contributed by atoms with van der Waals surface area (Å²) in [5.41, 5.74) is 1.53. The minimum atomic E-state index is -0.113. The minimum Gasteiger partial charge on any atom is -0.445 e. The fourth-order valence-electron chi connectivity index (χ4n) is 1.21. The normalized spacial score (nSPS) is 11.1. The van der Waals surface area contributed by atoms with Gasteiger partial charge in [-0.3, -0.25) is 0 Å². The Morgan fingerprint density at radius 3 is 2.62 bits per heavy atom. The lowest BCUT2D eigenvalue weighted by Crippen LogP contribution is -1.81. The van der Waals surface area contributed by atoms with Gasteiger partial charge in [-0.15, -0.1) is 0 Å². The van der Waals surface area contributed by atoms with Crippen molar-refractivity contribution in [2.24, 2.45) is 0 Å². The number of hydrogen-bond donors (Lipinski definition) is 1. The van der Waals surface area contributed by atoms with Crippen LogP contribution in [0.25, 0.3) is 12.2 Å². The summed E-state index contributed by atoms with van der Waals surface area (Å²) in [6.07, 6.45) is 5.03. The fourth-order valence-corrected chi connectivity index (χ4v) is 1.34. The zero-order chi connectivity index (χ0) is 11.4. The Morgan fingerprint density at radius 1 is 1.25 bits per heavy atom. The van der Waals surface area contributed by atoms with Crippen LogP contribution in [0.2, 0.25) is 5.02 Å². The van der Waals surface area contributed by atoms with Crippen molar-refractivity contribution in [2.75, 3.05) is 0 Å². The number of nitrogens with zero attached hydrogens (tertiary/aromatic N) is 1. The lowest BCUT2D eigenvalue weighted by molar-refractivity contribution is 0.276. The van der Waals surface area contributed by atoms with Gasteiger partial charge in [0, 0.05) is 11.1 Å². The summed E-state index contributed by atoms with van der Waals surface area (Å²) in [5.74, 6) is 0.471. The molecule has 0 unspecified atom stereocenters. The van der Waals surface area contributed by atoms with Crippen LogP contribution in [0.5, 0.6) is 0 Å². The second-order valence-corrected chi connectivity index (χ2v) is 3.66. The summed E-state index contributed by atoms with van der Waals surface area (Å²) in [7, 11) is 0. The zero-order valence-corrected chi connectivity index (χ0v) is 9.19. The third-order valence-corrected chi connectivity index (χ3v) is 2.27. The van der Waals surface area contributed by atoms with Gasteiger partial charge in [-0.25, -0.2) is 4.98 Å². The molecule has 4 heteroatoms. The summed E-state index contributed by atoms with van der Waals surface area (Å²) in [4.78, 5) is 4.03. The maximum absolute atomic E-state index is 8.81. The van der Waals surface area contributed by atoms with E-state index in [1.165, 1.54) is 6.26 Å². The third-order valence-electron chi connectivity index (χ3n) is 2.02. The molecule has 0 aliphatic rings. The number of halogens is 1. The Bertz CT molecular complexity index is 488. The number of oxazole rings is 1. The highest BCUT2D eigenvalue weighted by Crippen LogP contribution is 2.12. The van der Waals surface area contributed by atoms with Gasteiger partial charge in [-0.2, -0.15) is 0 Å². The van der Waals surface area contributed by atoms with Gasteiger partial charge in [0.15, 0.2) is 0 Å². The molecule has 2 aromatic rings. The molecule has 0 bridgehead atoms. The molecule has 0 spiro atoms. The van der Waals surface area contributed by atoms with Crippen molar-refractivity contribution in [2.45, 2.75) is 6.61 Å². The molecule has 82 valence electrons. The molecular formula is C12H10ClNO2. The number of hydrogen-bond acceptors (Lipinski definition) is 3. The largest absolute Gasteiger partial charge is 0.445 e. The molecule has 0 saturated carbocycles. The number of rotatable bonds is 3. The Balaban J connectivity index is 2.11. The van der Waals surface area contributed by atoms with E-state index in [0.717, 1.165) is 5.56 Å². The van der Waals surface area contributed by atoms with E-state index in [4.69, 9.17) is 21.1 Å². The molecule has 1 N–H and O–H groups in total. The number of aliphatic hydroxyl groups excluding tert-OH is 1. The summed E-state index contributed by atoms with van der Waals surface area (Å²) >= 11 is 5.77. The summed E-state index contributed by atoms with van der Waals surface area (Å²) < 4.78 is 5.12. The van der Waals surface area contributed by atoms with Crippen molar-refractivity contribution >= 4 is 23.8 Å². The van der Waals surface area contributed by atoms with E-state index in [-0.39, 0.29) is 6.61 Å². The van der Waals surface area contributed by atoms with Crippen molar-refractivity contribution < 1.29 is 9.52 Å². The quantitative estimate of drug-likeness (QED) is 0.890. The van der Waals surface area contributed by atoms with Crippen LogP contribution >= 0.6 is 11.6 Å². The molecular weight excluding hydrogens is 226 g/mol. The van der Waals surface area contributed by atoms with Crippen LogP contribution in [0, 0.1) is 0 Å². The van der Waals surface area contributed by atoms with Crippen molar-refractivity contribution in [1.29, 1.82) is 0 Å². The van der Waals surface area contributed by atoms with Crippen LogP contribution in [0.1, 0.15) is 17.1 Å². The van der Waals surface area contributed by atoms with E-state index in [0.29, 0.717) is 16.6 Å². The summed E-state index contributed by atoms with van der Waals surface area (Å²) in [5, 5.41) is 9.51. The van der Waals surface area contributed by atoms with Crippen molar-refractivity contribution in [3.05, 3.63) is 52.7 Å². The maximum atomic E-state index is 8.81. The first-order valence-corrected chi connectivity index (χ1v) is 5.14. The molecule has 0 amide bonds. The molecule has 0 aliphatic carbocycles. The van der Waals surface area contributed by atoms with E-state index in [1.807, 2.05) is 30.3 Å². The summed E-state index contributed by atoms with van der Waals surface area (Å²) in [6.45, 7) is -0.113. The van der Waals surface area contributed by atoms with Gasteiger partial charge in [-0.1, -0.05) is 23.7 Å². The highest BCUT2D eigenvalue weighted by molar-refractivity contribution is 6.30. The van der Waals surface area contributed by atoms with Crippen LogP contribution in [0.3, 0.4) is 0 Å². The van der Waals surface area contributed by atoms with E-state index in [9.17, 15) is 0 Å². The smallest absolute Gasteiger partial charge is 0.218 e. The lowest BCUT2D eigenvalue weighted by Gasteiger charge is -1.92. The first-order valence-electron chi connectivity index (χ1n) is 4.77. The van der Waals surface area contributed by atoms with Gasteiger partial charge >= 0.3 is 0 Å². The van der Waals surface area contributed by atoms with Gasteiger partial charge in [0.05, 0.1) is 6.61 Å². The van der Waals surface area contributed by atoms with Crippen molar-refractivity contribution in [3.63, 3.8) is 0 Å². The van der Waals surface area contributed by atoms with Crippen LogP contribution < -0.4 is 0 Å². The first-order chi connectivity index (χ1) is 7.78. The molecule has 16 heavy (non-hydrogen) atoms. The molecule has 1 heterocycles. The average Bonchev–Trinajstić information content (AvgIpc) is 2.76. The van der Waals surface area contributed by atoms with Crippen LogP contribution in [0.15, 0.2) is 34.9 Å². The zero-order valence-electron chi connectivity index (χ0n) is 8.43. The minimum absolute atomic E-state index is 0.113. The molecule has 0 saturated heterocycles. The van der Waals surface area contributed by atoms with E-state index in [1.54, 1.807) is 6.08 Å². The third kappa shape index (κ3) is 2.72. The molecule has 2 rings (SSSR count). The van der Waals surface area contributed by atoms with Crippen molar-refractivity contribution in [1.82, 2.24) is 4.98 Å². The second-order valence-electron chi connectivity index (χ2n) is 3.22. The Kier molecular flexibility index (Phi) is 3.39. The standard InChI is InChI=1S/C12H10ClNO2/c13-10-4-1-9(2-5-10)3-6-12-14-11(7-15)8-16-12/h1-6,8,15H,7H2/b6-3+. The predicted molar refractivity (Wildman–Crippen MR) is 62.8 cm³/mol. The fraction of sp³-hybridized carbons (Fsp3) is 0.0833. The maximum Gasteiger partial charge on any atom is 0.218 e. The first kappa shape index (κ1) is 10.9. The molecule has 0 radical (unpaired) electrons. The van der Waals surface area contributed by atoms with Crippen LogP contribution in [-0.4, -0.2) is 10.1 Å². The van der Waals surface area contributed by atoms with Gasteiger partial charge in [0.2, 0.25) is 5.89 Å². The Hall–Kier alpha value is -1.58. The number of benzene rings is 1. The van der Waals surface area contributed by atoms with Gasteiger partial charge < -0.3 is 9.52 Å². The van der Waals surface area contributed by atoms with Crippen LogP contribution in [0.4, 0.5) is 0 Å². The lowest BCUT2D eigenvalue weighted by atomic mass is 10.2. The van der Waals surface area contributed by atoms with E-state index >= 15 is 0 Å². The molecule has 3 nitrogen and oxygen atoms in total. The molecule has 0 atom stereocenters. The van der Waals surface area contributed by atoms with Gasteiger partial charge in [-0.05, 0) is 23.8 Å². The Labute approximate surface area is 98.0 Å². The van der Waals surface area contributed by atoms with Crippen LogP contribution in [-0.2, 0) is 6.61 Å². The van der Waals surface area contributed by atoms with Crippen molar-refractivity contribution in [3.8, 4) is 0 Å². The molecule has 0 aliphatic heterocycles. The predicted octanol–water partition coefficient (Wildman–Crippen LogP) is 2.99. The summed E-state index contributed by atoms with van der Waals surface area (Å²) in [6, 6.07) is 7.43. The monoisotopic (exact) mass is 235 g/mol. The number of aromatic nitrogens is 1. The highest BCUT2D eigenvalue weighted by Gasteiger charge is 1.98. The highest BCUT2D eigenvalue weighted by atomic mass is 35.5. The SMILES string of the molecule is OCc1coc(/C=C/c2ccc(Cl)cc2)n1. The van der Waals surface area contributed by atoms with E-state index in [2.05, 4.69) is 4.98 Å². The Morgan fingerprint density at radius 2 is 2.00 bits per heavy atom. The second kappa shape index (κ2) is 4.96. The number of aliphatic hydroxyl groups is 1. The van der Waals surface area contributed by atoms with Gasteiger partial charge in [0.25, 0.3) is 0 Å². The molecule has 1 aromatic carbocycles. The topological polar surface area (TPSA) is 46.3 Å². The van der Waals surface area contributed by atoms with Gasteiger partial charge in [0.1, 0.15) is 12.0 Å². The average molecular weight is 236 g/mol. The van der Waals surface area contributed by atoms with E-state index < -0.39 is 0 Å². The molecule has 0 fully saturated rings. The molecule has 1 aromatic heterocycles.